The standard InChI is InChI=1S/C49H29N3/c1-2-12-30(13-3-1)31-24-26-33(27-25-31)47-48(51-41-22-9-8-21-40(41)50-47)52-42-23-11-20-39-45(42)46-43(52)29-28-32-14-10-19-38(44(32)46)49(39)36-17-6-4-15-34(36)35-16-5-7-18-37(35)49/h1-29H. The third-order valence-electron chi connectivity index (χ3n) is 11.6. The van der Waals surface area contributed by atoms with Gasteiger partial charge in [-0.3, -0.25) is 4.57 Å². The summed E-state index contributed by atoms with van der Waals surface area (Å²) in [4.78, 5) is 10.8. The number of hydrogen-bond donors (Lipinski definition) is 0. The van der Waals surface area contributed by atoms with E-state index in [1.807, 2.05) is 12.1 Å². The van der Waals surface area contributed by atoms with Crippen LogP contribution in [0.1, 0.15) is 22.3 Å². The lowest BCUT2D eigenvalue weighted by atomic mass is 9.63. The van der Waals surface area contributed by atoms with Crippen molar-refractivity contribution in [1.82, 2.24) is 14.5 Å². The topological polar surface area (TPSA) is 30.7 Å². The molecule has 10 aromatic rings. The Kier molecular flexibility index (Phi) is 5.43. The van der Waals surface area contributed by atoms with E-state index in [0.29, 0.717) is 0 Å². The van der Waals surface area contributed by atoms with Gasteiger partial charge in [0, 0.05) is 16.3 Å². The molecule has 2 aliphatic carbocycles. The van der Waals surface area contributed by atoms with Crippen molar-refractivity contribution in [3.8, 4) is 39.3 Å². The van der Waals surface area contributed by atoms with Crippen LogP contribution < -0.4 is 0 Å². The summed E-state index contributed by atoms with van der Waals surface area (Å²) >= 11 is 0. The molecule has 0 bridgehead atoms. The van der Waals surface area contributed by atoms with Gasteiger partial charge in [-0.1, -0.05) is 152 Å². The third-order valence-corrected chi connectivity index (χ3v) is 11.6. The highest BCUT2D eigenvalue weighted by atomic mass is 15.1. The van der Waals surface area contributed by atoms with Gasteiger partial charge in [0.1, 0.15) is 5.69 Å². The summed E-state index contributed by atoms with van der Waals surface area (Å²) in [5.74, 6) is 0.836. The second-order valence-electron chi connectivity index (χ2n) is 14.1. The first-order valence-electron chi connectivity index (χ1n) is 17.9. The molecule has 0 N–H and O–H groups in total. The van der Waals surface area contributed by atoms with Crippen molar-refractivity contribution in [3.63, 3.8) is 0 Å². The van der Waals surface area contributed by atoms with E-state index >= 15 is 0 Å². The molecule has 8 aromatic carbocycles. The molecule has 2 aromatic heterocycles. The van der Waals surface area contributed by atoms with Crippen LogP contribution in [0, 0.1) is 0 Å². The van der Waals surface area contributed by atoms with Gasteiger partial charge in [-0.2, -0.15) is 0 Å². The summed E-state index contributed by atoms with van der Waals surface area (Å²) in [6.45, 7) is 0. The van der Waals surface area contributed by atoms with Crippen LogP contribution in [0.5, 0.6) is 0 Å². The summed E-state index contributed by atoms with van der Waals surface area (Å²) < 4.78 is 2.38. The van der Waals surface area contributed by atoms with Crippen molar-refractivity contribution in [2.45, 2.75) is 5.41 Å². The zero-order chi connectivity index (χ0) is 34.0. The second kappa shape index (κ2) is 10.1. The number of para-hydroxylation sites is 2. The molecule has 3 nitrogen and oxygen atoms in total. The third kappa shape index (κ3) is 3.45. The first kappa shape index (κ1) is 27.9. The monoisotopic (exact) mass is 659 g/mol. The average Bonchev–Trinajstić information content (AvgIpc) is 3.71. The lowest BCUT2D eigenvalue weighted by molar-refractivity contribution is 0.783. The van der Waals surface area contributed by atoms with Crippen LogP contribution in [0.25, 0.3) is 82.9 Å². The first-order chi connectivity index (χ1) is 25.8. The van der Waals surface area contributed by atoms with Crippen molar-refractivity contribution in [2.75, 3.05) is 0 Å². The van der Waals surface area contributed by atoms with Gasteiger partial charge in [-0.15, -0.1) is 0 Å². The molecule has 1 spiro atoms. The van der Waals surface area contributed by atoms with Crippen molar-refractivity contribution in [1.29, 1.82) is 0 Å². The normalized spacial score (nSPS) is 13.5. The maximum Gasteiger partial charge on any atom is 0.165 e. The zero-order valence-corrected chi connectivity index (χ0v) is 28.1. The SMILES string of the molecule is c1ccc(-c2ccc(-c3nc4ccccc4nc3-n3c4cccc5c4c4c6c(cccc6ccc43)C53c4ccccc4-c4ccccc43)cc2)cc1. The van der Waals surface area contributed by atoms with E-state index in [2.05, 4.69) is 168 Å². The number of nitrogens with zero attached hydrogens (tertiary/aromatic N) is 3. The summed E-state index contributed by atoms with van der Waals surface area (Å²) in [7, 11) is 0. The Hall–Kier alpha value is -6.84. The number of rotatable bonds is 3. The van der Waals surface area contributed by atoms with Gasteiger partial charge in [-0.25, -0.2) is 9.97 Å². The van der Waals surface area contributed by atoms with E-state index in [-0.39, 0.29) is 0 Å². The Labute approximate surface area is 300 Å². The minimum absolute atomic E-state index is 0.454. The van der Waals surface area contributed by atoms with Crippen molar-refractivity contribution in [3.05, 3.63) is 198 Å². The molecule has 0 aliphatic heterocycles. The van der Waals surface area contributed by atoms with Gasteiger partial charge in [0.2, 0.25) is 0 Å². The van der Waals surface area contributed by atoms with Crippen LogP contribution >= 0.6 is 0 Å². The average molecular weight is 660 g/mol. The van der Waals surface area contributed by atoms with Gasteiger partial charge < -0.3 is 0 Å². The second-order valence-corrected chi connectivity index (χ2v) is 14.1. The smallest absolute Gasteiger partial charge is 0.165 e. The molecule has 3 heteroatoms. The molecule has 2 heterocycles. The fourth-order valence-electron chi connectivity index (χ4n) is 9.53. The summed E-state index contributed by atoms with van der Waals surface area (Å²) in [6, 6.07) is 63.9. The Bertz CT molecular complexity index is 3070. The van der Waals surface area contributed by atoms with Gasteiger partial charge in [0.15, 0.2) is 5.82 Å². The van der Waals surface area contributed by atoms with Crippen LogP contribution in [0.3, 0.4) is 0 Å². The van der Waals surface area contributed by atoms with Crippen LogP contribution in [0.4, 0.5) is 0 Å². The van der Waals surface area contributed by atoms with E-state index in [1.165, 1.54) is 66.1 Å². The van der Waals surface area contributed by atoms with E-state index in [9.17, 15) is 0 Å². The predicted octanol–water partition coefficient (Wildman–Crippen LogP) is 11.9. The van der Waals surface area contributed by atoms with E-state index in [1.54, 1.807) is 0 Å². The summed E-state index contributed by atoms with van der Waals surface area (Å²) in [5, 5.41) is 5.14. The van der Waals surface area contributed by atoms with E-state index in [4.69, 9.17) is 9.97 Å². The molecule has 0 saturated carbocycles. The molecule has 0 saturated heterocycles. The van der Waals surface area contributed by atoms with E-state index in [0.717, 1.165) is 39.1 Å². The minimum atomic E-state index is -0.454. The maximum atomic E-state index is 5.46. The Morgan fingerprint density at radius 2 is 0.923 bits per heavy atom. The molecule has 0 radical (unpaired) electrons. The highest BCUT2D eigenvalue weighted by Crippen LogP contribution is 2.62. The van der Waals surface area contributed by atoms with Crippen molar-refractivity contribution >= 4 is 43.6 Å². The molecular weight excluding hydrogens is 631 g/mol. The summed E-state index contributed by atoms with van der Waals surface area (Å²) in [5.41, 5.74) is 15.8. The van der Waals surface area contributed by atoms with Gasteiger partial charge in [0.05, 0.1) is 27.5 Å². The van der Waals surface area contributed by atoms with Crippen molar-refractivity contribution < 1.29 is 0 Å². The molecule has 12 rings (SSSR count). The largest absolute Gasteiger partial charge is 0.292 e. The molecule has 0 unspecified atom stereocenters. The molecule has 2 aliphatic rings. The highest BCUT2D eigenvalue weighted by Gasteiger charge is 2.50. The number of fused-ring (bicyclic) bond motifs is 8. The molecule has 0 amide bonds. The lowest BCUT2D eigenvalue weighted by Gasteiger charge is -2.37. The minimum Gasteiger partial charge on any atom is -0.292 e. The zero-order valence-electron chi connectivity index (χ0n) is 28.1. The fraction of sp³-hybridized carbons (Fsp3) is 0.0204. The first-order valence-corrected chi connectivity index (χ1v) is 17.9. The Morgan fingerprint density at radius 3 is 1.67 bits per heavy atom. The van der Waals surface area contributed by atoms with Crippen molar-refractivity contribution in [2.24, 2.45) is 0 Å². The number of benzene rings is 8. The quantitative estimate of drug-likeness (QED) is 0.189. The number of hydrogen-bond acceptors (Lipinski definition) is 2. The van der Waals surface area contributed by atoms with Crippen LogP contribution in [0.2, 0.25) is 0 Å². The van der Waals surface area contributed by atoms with Crippen LogP contribution in [-0.2, 0) is 5.41 Å². The molecule has 52 heavy (non-hydrogen) atoms. The molecule has 0 fully saturated rings. The molecule has 0 atom stereocenters. The molecule has 240 valence electrons. The Morgan fingerprint density at radius 1 is 0.365 bits per heavy atom. The lowest BCUT2D eigenvalue weighted by Crippen LogP contribution is -2.30. The Balaban J connectivity index is 1.22. The van der Waals surface area contributed by atoms with Crippen LogP contribution in [-0.4, -0.2) is 14.5 Å². The molecular formula is C49H29N3. The fourth-order valence-corrected chi connectivity index (χ4v) is 9.53. The summed E-state index contributed by atoms with van der Waals surface area (Å²) in [6.07, 6.45) is 0. The highest BCUT2D eigenvalue weighted by molar-refractivity contribution is 6.26. The van der Waals surface area contributed by atoms with Gasteiger partial charge >= 0.3 is 0 Å². The van der Waals surface area contributed by atoms with Crippen LogP contribution in [0.15, 0.2) is 176 Å². The number of aromatic nitrogens is 3. The predicted molar refractivity (Wildman–Crippen MR) is 213 cm³/mol. The van der Waals surface area contributed by atoms with Gasteiger partial charge in [0.25, 0.3) is 0 Å². The van der Waals surface area contributed by atoms with E-state index < -0.39 is 5.41 Å². The maximum absolute atomic E-state index is 5.46. The van der Waals surface area contributed by atoms with Gasteiger partial charge in [-0.05, 0) is 79.5 Å².